The first kappa shape index (κ1) is 16.4. The second-order valence-corrected chi connectivity index (χ2v) is 6.55. The number of piperazine rings is 1. The molecule has 1 aliphatic heterocycles. The molecule has 1 saturated heterocycles. The Kier molecular flexibility index (Phi) is 3.99. The summed E-state index contributed by atoms with van der Waals surface area (Å²) in [5.41, 5.74) is 3.08. The van der Waals surface area contributed by atoms with Crippen LogP contribution < -0.4 is 10.5 Å². The Labute approximate surface area is 150 Å². The van der Waals surface area contributed by atoms with Gasteiger partial charge in [-0.2, -0.15) is 5.10 Å². The lowest BCUT2D eigenvalue weighted by Crippen LogP contribution is -2.49. The molecule has 0 bridgehead atoms. The van der Waals surface area contributed by atoms with E-state index in [0.29, 0.717) is 31.8 Å². The lowest BCUT2D eigenvalue weighted by atomic mass is 10.1. The molecule has 0 unspecified atom stereocenters. The van der Waals surface area contributed by atoms with Gasteiger partial charge >= 0.3 is 5.63 Å². The third kappa shape index (κ3) is 2.75. The molecule has 1 aromatic carbocycles. The average molecular weight is 352 g/mol. The van der Waals surface area contributed by atoms with Crippen LogP contribution in [0.4, 0.5) is 5.69 Å². The number of fused-ring (bicyclic) bond motifs is 1. The summed E-state index contributed by atoms with van der Waals surface area (Å²) in [6.07, 6.45) is 0. The molecule has 3 heterocycles. The smallest absolute Gasteiger partial charge is 0.349 e. The van der Waals surface area contributed by atoms with Crippen LogP contribution in [0.5, 0.6) is 0 Å². The van der Waals surface area contributed by atoms with Crippen molar-refractivity contribution in [1.82, 2.24) is 15.1 Å². The zero-order valence-corrected chi connectivity index (χ0v) is 14.8. The zero-order chi connectivity index (χ0) is 18.3. The van der Waals surface area contributed by atoms with E-state index in [9.17, 15) is 9.59 Å². The summed E-state index contributed by atoms with van der Waals surface area (Å²) in [5.74, 6) is -0.273. The Morgan fingerprint density at radius 2 is 1.88 bits per heavy atom. The highest BCUT2D eigenvalue weighted by molar-refractivity contribution is 5.96. The Balaban J connectivity index is 1.54. The van der Waals surface area contributed by atoms with Gasteiger partial charge in [0.25, 0.3) is 5.91 Å². The van der Waals surface area contributed by atoms with E-state index in [0.717, 1.165) is 22.5 Å². The SMILES string of the molecule is Cc1n[nH]c(C)c1N1CCN(C(=O)c2cc3ccccc3oc2=O)CC1. The quantitative estimate of drug-likeness (QED) is 0.714. The van der Waals surface area contributed by atoms with E-state index in [2.05, 4.69) is 15.1 Å². The number of nitrogens with zero attached hydrogens (tertiary/aromatic N) is 3. The standard InChI is InChI=1S/C19H20N4O3/c1-12-17(13(2)21-20-12)22-7-9-23(10-8-22)18(24)15-11-14-5-3-4-6-16(14)26-19(15)25/h3-6,11H,7-10H2,1-2H3,(H,20,21). The number of para-hydroxylation sites is 1. The summed E-state index contributed by atoms with van der Waals surface area (Å²) in [5, 5.41) is 7.97. The fourth-order valence-corrected chi connectivity index (χ4v) is 3.53. The second-order valence-electron chi connectivity index (χ2n) is 6.55. The molecule has 134 valence electrons. The summed E-state index contributed by atoms with van der Waals surface area (Å²) in [6.45, 7) is 6.46. The van der Waals surface area contributed by atoms with Crippen LogP contribution in [-0.4, -0.2) is 47.2 Å². The Morgan fingerprint density at radius 1 is 1.15 bits per heavy atom. The molecule has 0 saturated carbocycles. The number of aromatic nitrogens is 2. The molecule has 4 rings (SSSR count). The van der Waals surface area contributed by atoms with Crippen LogP contribution in [0.2, 0.25) is 0 Å². The molecule has 26 heavy (non-hydrogen) atoms. The van der Waals surface area contributed by atoms with Crippen molar-refractivity contribution in [3.05, 3.63) is 57.7 Å². The zero-order valence-electron chi connectivity index (χ0n) is 14.8. The minimum Gasteiger partial charge on any atom is -0.422 e. The largest absolute Gasteiger partial charge is 0.422 e. The van der Waals surface area contributed by atoms with Crippen molar-refractivity contribution in [3.63, 3.8) is 0 Å². The third-order valence-electron chi connectivity index (χ3n) is 4.84. The predicted octanol–water partition coefficient (Wildman–Crippen LogP) is 2.10. The number of hydrogen-bond acceptors (Lipinski definition) is 5. The summed E-state index contributed by atoms with van der Waals surface area (Å²) in [4.78, 5) is 29.0. The van der Waals surface area contributed by atoms with E-state index in [4.69, 9.17) is 4.42 Å². The molecule has 7 nitrogen and oxygen atoms in total. The van der Waals surface area contributed by atoms with Crippen molar-refractivity contribution in [3.8, 4) is 0 Å². The number of aryl methyl sites for hydroxylation is 2. The van der Waals surface area contributed by atoms with Gasteiger partial charge in [0.05, 0.1) is 17.1 Å². The van der Waals surface area contributed by atoms with E-state index in [1.807, 2.05) is 26.0 Å². The molecule has 0 aliphatic carbocycles. The van der Waals surface area contributed by atoms with Crippen LogP contribution in [0.1, 0.15) is 21.7 Å². The van der Waals surface area contributed by atoms with Crippen molar-refractivity contribution in [2.24, 2.45) is 0 Å². The van der Waals surface area contributed by atoms with Gasteiger partial charge in [0.2, 0.25) is 0 Å². The number of amides is 1. The molecule has 1 N–H and O–H groups in total. The van der Waals surface area contributed by atoms with Gasteiger partial charge in [-0.3, -0.25) is 9.89 Å². The van der Waals surface area contributed by atoms with Crippen molar-refractivity contribution < 1.29 is 9.21 Å². The Bertz CT molecular complexity index is 1010. The van der Waals surface area contributed by atoms with Gasteiger partial charge in [0.1, 0.15) is 11.1 Å². The van der Waals surface area contributed by atoms with Gasteiger partial charge in [-0.05, 0) is 26.0 Å². The van der Waals surface area contributed by atoms with Gasteiger partial charge in [0.15, 0.2) is 0 Å². The fourth-order valence-electron chi connectivity index (χ4n) is 3.53. The molecule has 0 atom stereocenters. The number of benzene rings is 1. The molecular formula is C19H20N4O3. The van der Waals surface area contributed by atoms with Gasteiger partial charge in [-0.1, -0.05) is 18.2 Å². The van der Waals surface area contributed by atoms with E-state index in [-0.39, 0.29) is 11.5 Å². The van der Waals surface area contributed by atoms with Crippen molar-refractivity contribution >= 4 is 22.6 Å². The van der Waals surface area contributed by atoms with Crippen LogP contribution in [0.3, 0.4) is 0 Å². The van der Waals surface area contributed by atoms with Crippen LogP contribution >= 0.6 is 0 Å². The minimum absolute atomic E-state index is 0.0906. The maximum atomic E-state index is 12.8. The molecule has 0 spiro atoms. The van der Waals surface area contributed by atoms with E-state index >= 15 is 0 Å². The number of rotatable bonds is 2. The number of hydrogen-bond donors (Lipinski definition) is 1. The van der Waals surface area contributed by atoms with Crippen LogP contribution in [0.25, 0.3) is 11.0 Å². The van der Waals surface area contributed by atoms with Gasteiger partial charge in [-0.15, -0.1) is 0 Å². The van der Waals surface area contributed by atoms with Gasteiger partial charge in [-0.25, -0.2) is 4.79 Å². The molecule has 2 aromatic heterocycles. The predicted molar refractivity (Wildman–Crippen MR) is 98.7 cm³/mol. The monoisotopic (exact) mass is 352 g/mol. The maximum Gasteiger partial charge on any atom is 0.349 e. The first-order valence-electron chi connectivity index (χ1n) is 8.63. The molecule has 0 radical (unpaired) electrons. The lowest BCUT2D eigenvalue weighted by molar-refractivity contribution is 0.0742. The number of nitrogens with one attached hydrogen (secondary N) is 1. The maximum absolute atomic E-state index is 12.8. The van der Waals surface area contributed by atoms with Crippen LogP contribution in [0, 0.1) is 13.8 Å². The molecule has 1 amide bonds. The highest BCUT2D eigenvalue weighted by Gasteiger charge is 2.26. The fraction of sp³-hybridized carbons (Fsp3) is 0.316. The molecule has 3 aromatic rings. The summed E-state index contributed by atoms with van der Waals surface area (Å²) >= 11 is 0. The summed E-state index contributed by atoms with van der Waals surface area (Å²) in [7, 11) is 0. The first-order valence-corrected chi connectivity index (χ1v) is 8.63. The highest BCUT2D eigenvalue weighted by Crippen LogP contribution is 2.23. The van der Waals surface area contributed by atoms with E-state index in [1.165, 1.54) is 0 Å². The molecule has 1 aliphatic rings. The van der Waals surface area contributed by atoms with Gasteiger partial charge < -0.3 is 14.2 Å². The lowest BCUT2D eigenvalue weighted by Gasteiger charge is -2.36. The Morgan fingerprint density at radius 3 is 2.58 bits per heavy atom. The van der Waals surface area contributed by atoms with Gasteiger partial charge in [0, 0.05) is 31.6 Å². The Hall–Kier alpha value is -3.09. The van der Waals surface area contributed by atoms with Crippen molar-refractivity contribution in [1.29, 1.82) is 0 Å². The highest BCUT2D eigenvalue weighted by atomic mass is 16.4. The number of carbonyl (C=O) groups excluding carboxylic acids is 1. The third-order valence-corrected chi connectivity index (χ3v) is 4.84. The summed E-state index contributed by atoms with van der Waals surface area (Å²) in [6, 6.07) is 8.83. The molecule has 7 heteroatoms. The first-order chi connectivity index (χ1) is 12.5. The number of H-pyrrole nitrogens is 1. The van der Waals surface area contributed by atoms with Crippen molar-refractivity contribution in [2.75, 3.05) is 31.1 Å². The number of aromatic amines is 1. The topological polar surface area (TPSA) is 82.4 Å². The minimum atomic E-state index is -0.586. The number of carbonyl (C=O) groups is 1. The van der Waals surface area contributed by atoms with Crippen LogP contribution in [0.15, 0.2) is 39.5 Å². The van der Waals surface area contributed by atoms with E-state index < -0.39 is 5.63 Å². The normalized spacial score (nSPS) is 14.8. The van der Waals surface area contributed by atoms with E-state index in [1.54, 1.807) is 23.1 Å². The van der Waals surface area contributed by atoms with Crippen LogP contribution in [-0.2, 0) is 0 Å². The molecular weight excluding hydrogens is 332 g/mol. The van der Waals surface area contributed by atoms with Crippen molar-refractivity contribution in [2.45, 2.75) is 13.8 Å². The molecule has 1 fully saturated rings. The number of anilines is 1. The summed E-state index contributed by atoms with van der Waals surface area (Å²) < 4.78 is 5.29. The average Bonchev–Trinajstić information content (AvgIpc) is 2.99. The second kappa shape index (κ2) is 6.33.